The number of hydrogen-bond donors (Lipinski definition) is 1. The molecule has 1 N–H and O–H groups in total. The summed E-state index contributed by atoms with van der Waals surface area (Å²) in [5.41, 5.74) is 1.25. The van der Waals surface area contributed by atoms with Crippen LogP contribution in [-0.4, -0.2) is 43.3 Å². The molecule has 2 aromatic rings. The lowest BCUT2D eigenvalue weighted by Gasteiger charge is -2.18. The van der Waals surface area contributed by atoms with Gasteiger partial charge in [-0.3, -0.25) is 14.4 Å². The van der Waals surface area contributed by atoms with Crippen molar-refractivity contribution in [1.82, 2.24) is 0 Å². The Morgan fingerprint density at radius 1 is 1.19 bits per heavy atom. The monoisotopic (exact) mass is 442 g/mol. The van der Waals surface area contributed by atoms with E-state index >= 15 is 0 Å². The minimum Gasteiger partial charge on any atom is -0.492 e. The average molecular weight is 443 g/mol. The number of carbonyl (C=O) groups is 3. The zero-order valence-electron chi connectivity index (χ0n) is 17.8. The molecular weight excluding hydrogens is 416 g/mol. The number of hydrogen-bond acceptors (Lipinski definition) is 6. The average Bonchev–Trinajstić information content (AvgIpc) is 3.17. The van der Waals surface area contributed by atoms with Crippen molar-refractivity contribution in [3.05, 3.63) is 48.5 Å². The first-order valence-electron chi connectivity index (χ1n) is 10.1. The van der Waals surface area contributed by atoms with Crippen molar-refractivity contribution >= 4 is 40.9 Å². The summed E-state index contributed by atoms with van der Waals surface area (Å²) in [5.74, 6) is -1.23. The molecule has 0 bridgehead atoms. The van der Waals surface area contributed by atoms with Crippen molar-refractivity contribution in [3.8, 4) is 5.75 Å². The molecule has 1 saturated heterocycles. The summed E-state index contributed by atoms with van der Waals surface area (Å²) >= 11 is 1.62. The number of nitrogens with zero attached hydrogens (tertiary/aromatic N) is 1. The second kappa shape index (κ2) is 10.3. The first kappa shape index (κ1) is 22.7. The fraction of sp³-hybridized carbons (Fsp3) is 0.348. The molecule has 0 aliphatic carbocycles. The topological polar surface area (TPSA) is 84.9 Å². The highest BCUT2D eigenvalue weighted by molar-refractivity contribution is 7.98. The van der Waals surface area contributed by atoms with Gasteiger partial charge < -0.3 is 19.7 Å². The number of thioether (sulfide) groups is 1. The van der Waals surface area contributed by atoms with Crippen molar-refractivity contribution in [2.24, 2.45) is 5.92 Å². The maximum atomic E-state index is 12.6. The Morgan fingerprint density at radius 3 is 2.58 bits per heavy atom. The fourth-order valence-corrected chi connectivity index (χ4v) is 3.70. The van der Waals surface area contributed by atoms with Gasteiger partial charge in [-0.15, -0.1) is 11.8 Å². The van der Waals surface area contributed by atoms with Gasteiger partial charge in [-0.25, -0.2) is 0 Å². The standard InChI is InChI=1S/C23H26N2O5S/c1-4-29-20-8-6-5-7-19(20)24-22(27)15(2)30-23(28)16-13-21(26)25(14-16)17-9-11-18(31-3)12-10-17/h5-12,15-16H,4,13-14H2,1-3H3,(H,24,27). The molecule has 1 fully saturated rings. The molecule has 0 aromatic heterocycles. The van der Waals surface area contributed by atoms with Gasteiger partial charge in [0.15, 0.2) is 6.10 Å². The van der Waals surface area contributed by atoms with E-state index in [0.29, 0.717) is 18.0 Å². The molecule has 164 valence electrons. The van der Waals surface area contributed by atoms with Crippen LogP contribution in [0.5, 0.6) is 5.75 Å². The highest BCUT2D eigenvalue weighted by atomic mass is 32.2. The summed E-state index contributed by atoms with van der Waals surface area (Å²) in [7, 11) is 0. The molecule has 1 aliphatic rings. The third-order valence-corrected chi connectivity index (χ3v) is 5.69. The zero-order chi connectivity index (χ0) is 22.4. The maximum Gasteiger partial charge on any atom is 0.312 e. The molecule has 7 nitrogen and oxygen atoms in total. The Kier molecular flexibility index (Phi) is 7.57. The quantitative estimate of drug-likeness (QED) is 0.495. The third kappa shape index (κ3) is 5.58. The third-order valence-electron chi connectivity index (χ3n) is 4.95. The molecule has 0 radical (unpaired) electrons. The van der Waals surface area contributed by atoms with Crippen LogP contribution in [0.2, 0.25) is 0 Å². The first-order valence-corrected chi connectivity index (χ1v) is 11.3. The summed E-state index contributed by atoms with van der Waals surface area (Å²) < 4.78 is 10.9. The number of para-hydroxylation sites is 2. The SMILES string of the molecule is CCOc1ccccc1NC(=O)C(C)OC(=O)C1CC(=O)N(c2ccc(SC)cc2)C1. The van der Waals surface area contributed by atoms with E-state index in [1.165, 1.54) is 6.92 Å². The molecule has 2 aromatic carbocycles. The number of esters is 1. The van der Waals surface area contributed by atoms with Crippen LogP contribution in [0, 0.1) is 5.92 Å². The molecule has 0 spiro atoms. The molecule has 2 amide bonds. The lowest BCUT2D eigenvalue weighted by atomic mass is 10.1. The molecule has 2 unspecified atom stereocenters. The van der Waals surface area contributed by atoms with Gasteiger partial charge in [0.2, 0.25) is 5.91 Å². The predicted molar refractivity (Wildman–Crippen MR) is 120 cm³/mol. The van der Waals surface area contributed by atoms with E-state index in [-0.39, 0.29) is 18.9 Å². The van der Waals surface area contributed by atoms with E-state index in [9.17, 15) is 14.4 Å². The highest BCUT2D eigenvalue weighted by Gasteiger charge is 2.37. The van der Waals surface area contributed by atoms with Crippen LogP contribution in [0.1, 0.15) is 20.3 Å². The first-order chi connectivity index (χ1) is 14.9. The van der Waals surface area contributed by atoms with Crippen LogP contribution in [0.3, 0.4) is 0 Å². The Balaban J connectivity index is 1.58. The minimum atomic E-state index is -1.01. The van der Waals surface area contributed by atoms with Gasteiger partial charge in [-0.05, 0) is 56.5 Å². The van der Waals surface area contributed by atoms with E-state index in [1.807, 2.05) is 43.5 Å². The van der Waals surface area contributed by atoms with Crippen LogP contribution in [0.25, 0.3) is 0 Å². The summed E-state index contributed by atoms with van der Waals surface area (Å²) in [6.07, 6.45) is 1.03. The molecule has 0 saturated carbocycles. The fourth-order valence-electron chi connectivity index (χ4n) is 3.29. The van der Waals surface area contributed by atoms with E-state index in [1.54, 1.807) is 34.9 Å². The van der Waals surface area contributed by atoms with Crippen LogP contribution < -0.4 is 15.0 Å². The molecule has 3 rings (SSSR count). The second-order valence-corrected chi connectivity index (χ2v) is 7.98. The van der Waals surface area contributed by atoms with Gasteiger partial charge in [0.1, 0.15) is 5.75 Å². The van der Waals surface area contributed by atoms with Crippen molar-refractivity contribution in [2.45, 2.75) is 31.3 Å². The minimum absolute atomic E-state index is 0.0601. The van der Waals surface area contributed by atoms with Gasteiger partial charge in [-0.2, -0.15) is 0 Å². The van der Waals surface area contributed by atoms with Crippen LogP contribution in [0.15, 0.2) is 53.4 Å². The van der Waals surface area contributed by atoms with E-state index in [0.717, 1.165) is 10.6 Å². The predicted octanol–water partition coefficient (Wildman–Crippen LogP) is 3.73. The van der Waals surface area contributed by atoms with E-state index in [4.69, 9.17) is 9.47 Å². The highest BCUT2D eigenvalue weighted by Crippen LogP contribution is 2.28. The van der Waals surface area contributed by atoms with Crippen molar-refractivity contribution in [1.29, 1.82) is 0 Å². The zero-order valence-corrected chi connectivity index (χ0v) is 18.6. The Bertz CT molecular complexity index is 947. The number of benzene rings is 2. The summed E-state index contributed by atoms with van der Waals surface area (Å²) in [6, 6.07) is 14.7. The summed E-state index contributed by atoms with van der Waals surface area (Å²) in [4.78, 5) is 40.2. The molecule has 8 heteroatoms. The lowest BCUT2D eigenvalue weighted by molar-refractivity contribution is -0.157. The van der Waals surface area contributed by atoms with Crippen LogP contribution in [0.4, 0.5) is 11.4 Å². The van der Waals surface area contributed by atoms with Gasteiger partial charge in [0, 0.05) is 23.5 Å². The lowest BCUT2D eigenvalue weighted by Crippen LogP contribution is -2.33. The number of ether oxygens (including phenoxy) is 2. The number of rotatable bonds is 8. The number of nitrogens with one attached hydrogen (secondary N) is 1. The van der Waals surface area contributed by atoms with Gasteiger partial charge in [-0.1, -0.05) is 12.1 Å². The molecular formula is C23H26N2O5S. The van der Waals surface area contributed by atoms with Crippen molar-refractivity contribution in [2.75, 3.05) is 29.6 Å². The van der Waals surface area contributed by atoms with Crippen molar-refractivity contribution in [3.63, 3.8) is 0 Å². The van der Waals surface area contributed by atoms with Gasteiger partial charge in [0.05, 0.1) is 18.2 Å². The van der Waals surface area contributed by atoms with Gasteiger partial charge in [0.25, 0.3) is 5.91 Å². The number of anilines is 2. The normalized spacial score (nSPS) is 16.7. The van der Waals surface area contributed by atoms with Crippen molar-refractivity contribution < 1.29 is 23.9 Å². The van der Waals surface area contributed by atoms with Crippen LogP contribution in [-0.2, 0) is 19.1 Å². The van der Waals surface area contributed by atoms with Crippen LogP contribution >= 0.6 is 11.8 Å². The second-order valence-electron chi connectivity index (χ2n) is 7.10. The Morgan fingerprint density at radius 2 is 1.90 bits per heavy atom. The number of carbonyl (C=O) groups excluding carboxylic acids is 3. The molecule has 31 heavy (non-hydrogen) atoms. The Labute approximate surface area is 186 Å². The van der Waals surface area contributed by atoms with E-state index < -0.39 is 23.9 Å². The molecule has 1 heterocycles. The van der Waals surface area contributed by atoms with E-state index in [2.05, 4.69) is 5.32 Å². The summed E-state index contributed by atoms with van der Waals surface area (Å²) in [5, 5.41) is 2.72. The molecule has 1 aliphatic heterocycles. The maximum absolute atomic E-state index is 12.6. The van der Waals surface area contributed by atoms with Gasteiger partial charge >= 0.3 is 5.97 Å². The summed E-state index contributed by atoms with van der Waals surface area (Å²) in [6.45, 7) is 4.06. The largest absolute Gasteiger partial charge is 0.492 e. The molecule has 2 atom stereocenters. The smallest absolute Gasteiger partial charge is 0.312 e. The Hall–Kier alpha value is -3.00. The number of amides is 2.